The predicted octanol–water partition coefficient (Wildman–Crippen LogP) is 0.194. The molecule has 162 valence electrons. The van der Waals surface area contributed by atoms with Crippen molar-refractivity contribution in [1.82, 2.24) is 15.5 Å². The molecule has 0 aliphatic carbocycles. The normalized spacial score (nSPS) is 32.8. The number of nitrogens with one attached hydrogen (secondary N) is 2. The third-order valence-electron chi connectivity index (χ3n) is 6.92. The zero-order valence-electron chi connectivity index (χ0n) is 17.3. The number of likely N-dealkylation sites (tertiary alicyclic amines) is 1. The SMILES string of the molecule is CC[C@@H](CO)N1C(=O)[C@@H]2[C@@H](C(=O)NC)[C@H]3CCC2(O3)C1C(=O)NCc1ccccc1. The average molecular weight is 415 g/mol. The number of carbonyl (C=O) groups is 3. The zero-order valence-corrected chi connectivity index (χ0v) is 17.3. The van der Waals surface area contributed by atoms with Crippen molar-refractivity contribution in [2.45, 2.75) is 56.5 Å². The fraction of sp³-hybridized carbons (Fsp3) is 0.591. The highest BCUT2D eigenvalue weighted by atomic mass is 16.5. The second-order valence-corrected chi connectivity index (χ2v) is 8.36. The predicted molar refractivity (Wildman–Crippen MR) is 108 cm³/mol. The van der Waals surface area contributed by atoms with Gasteiger partial charge in [0.25, 0.3) is 0 Å². The molecular formula is C22H29N3O5. The van der Waals surface area contributed by atoms with Crippen LogP contribution in [0, 0.1) is 11.8 Å². The average Bonchev–Trinajstić information content (AvgIpc) is 3.41. The summed E-state index contributed by atoms with van der Waals surface area (Å²) in [6.45, 7) is 1.95. The number of rotatable bonds is 7. The maximum Gasteiger partial charge on any atom is 0.246 e. The summed E-state index contributed by atoms with van der Waals surface area (Å²) in [5, 5.41) is 15.5. The number of ether oxygens (including phenoxy) is 1. The van der Waals surface area contributed by atoms with Gasteiger partial charge < -0.3 is 25.4 Å². The van der Waals surface area contributed by atoms with Crippen LogP contribution < -0.4 is 10.6 Å². The van der Waals surface area contributed by atoms with Gasteiger partial charge in [-0.15, -0.1) is 0 Å². The van der Waals surface area contributed by atoms with E-state index in [2.05, 4.69) is 10.6 Å². The third kappa shape index (κ3) is 3.01. The van der Waals surface area contributed by atoms with Gasteiger partial charge >= 0.3 is 0 Å². The first-order valence-electron chi connectivity index (χ1n) is 10.6. The van der Waals surface area contributed by atoms with E-state index in [0.29, 0.717) is 25.8 Å². The number of amides is 3. The van der Waals surface area contributed by atoms with Gasteiger partial charge in [-0.05, 0) is 24.8 Å². The summed E-state index contributed by atoms with van der Waals surface area (Å²) in [6.07, 6.45) is 1.32. The van der Waals surface area contributed by atoms with Gasteiger partial charge in [0, 0.05) is 13.6 Å². The maximum absolute atomic E-state index is 13.5. The molecule has 3 fully saturated rings. The van der Waals surface area contributed by atoms with Crippen LogP contribution in [0.25, 0.3) is 0 Å². The Hall–Kier alpha value is -2.45. The first kappa shape index (κ1) is 20.8. The summed E-state index contributed by atoms with van der Waals surface area (Å²) in [5.41, 5.74) is -0.0766. The van der Waals surface area contributed by atoms with Crippen molar-refractivity contribution < 1.29 is 24.2 Å². The number of carbonyl (C=O) groups excluding carboxylic acids is 3. The molecule has 4 rings (SSSR count). The van der Waals surface area contributed by atoms with E-state index in [0.717, 1.165) is 5.56 Å². The minimum Gasteiger partial charge on any atom is -0.394 e. The Labute approximate surface area is 176 Å². The second-order valence-electron chi connectivity index (χ2n) is 8.36. The minimum atomic E-state index is -1.03. The Morgan fingerprint density at radius 2 is 2.03 bits per heavy atom. The van der Waals surface area contributed by atoms with Crippen LogP contribution in [0.4, 0.5) is 0 Å². The Balaban J connectivity index is 1.67. The highest BCUT2D eigenvalue weighted by Crippen LogP contribution is 2.58. The molecule has 0 aromatic heterocycles. The van der Waals surface area contributed by atoms with Crippen molar-refractivity contribution in [2.75, 3.05) is 13.7 Å². The Bertz CT molecular complexity index is 827. The topological polar surface area (TPSA) is 108 Å². The Kier molecular flexibility index (Phi) is 5.55. The Morgan fingerprint density at radius 3 is 2.67 bits per heavy atom. The summed E-state index contributed by atoms with van der Waals surface area (Å²) in [6, 6.07) is 8.17. The van der Waals surface area contributed by atoms with Gasteiger partial charge in [-0.25, -0.2) is 0 Å². The van der Waals surface area contributed by atoms with E-state index in [1.807, 2.05) is 37.3 Å². The molecule has 8 nitrogen and oxygen atoms in total. The number of fused-ring (bicyclic) bond motifs is 1. The molecule has 3 saturated heterocycles. The van der Waals surface area contributed by atoms with Crippen LogP contribution in [-0.2, 0) is 25.7 Å². The van der Waals surface area contributed by atoms with Gasteiger partial charge in [-0.1, -0.05) is 37.3 Å². The molecule has 8 heteroatoms. The lowest BCUT2D eigenvalue weighted by Gasteiger charge is -2.36. The van der Waals surface area contributed by atoms with Crippen molar-refractivity contribution in [2.24, 2.45) is 11.8 Å². The number of benzene rings is 1. The summed E-state index contributed by atoms with van der Waals surface area (Å²) < 4.78 is 6.28. The van der Waals surface area contributed by atoms with Crippen molar-refractivity contribution in [3.63, 3.8) is 0 Å². The van der Waals surface area contributed by atoms with Gasteiger partial charge in [0.05, 0.1) is 30.6 Å². The Morgan fingerprint density at radius 1 is 1.30 bits per heavy atom. The molecule has 1 aromatic carbocycles. The molecule has 0 radical (unpaired) electrons. The molecule has 2 unspecified atom stereocenters. The van der Waals surface area contributed by atoms with Crippen molar-refractivity contribution in [3.8, 4) is 0 Å². The molecule has 0 saturated carbocycles. The van der Waals surface area contributed by atoms with Crippen LogP contribution in [0.1, 0.15) is 31.7 Å². The van der Waals surface area contributed by atoms with Crippen LogP contribution in [0.3, 0.4) is 0 Å². The summed E-state index contributed by atoms with van der Waals surface area (Å²) >= 11 is 0. The van der Waals surface area contributed by atoms with Crippen LogP contribution in [0.5, 0.6) is 0 Å². The van der Waals surface area contributed by atoms with E-state index >= 15 is 0 Å². The van der Waals surface area contributed by atoms with Crippen molar-refractivity contribution in [1.29, 1.82) is 0 Å². The molecule has 1 aromatic rings. The van der Waals surface area contributed by atoms with Gasteiger partial charge in [-0.3, -0.25) is 14.4 Å². The monoisotopic (exact) mass is 415 g/mol. The van der Waals surface area contributed by atoms with Gasteiger partial charge in [0.1, 0.15) is 11.6 Å². The first-order valence-corrected chi connectivity index (χ1v) is 10.6. The van der Waals surface area contributed by atoms with E-state index in [1.165, 1.54) is 4.90 Å². The van der Waals surface area contributed by atoms with Crippen molar-refractivity contribution >= 4 is 17.7 Å². The molecule has 1 spiro atoms. The molecule has 30 heavy (non-hydrogen) atoms. The number of hydrogen-bond acceptors (Lipinski definition) is 5. The number of nitrogens with zero attached hydrogens (tertiary/aromatic N) is 1. The first-order chi connectivity index (χ1) is 14.5. The fourth-order valence-corrected chi connectivity index (χ4v) is 5.55. The van der Waals surface area contributed by atoms with Crippen LogP contribution >= 0.6 is 0 Å². The highest BCUT2D eigenvalue weighted by molar-refractivity contribution is 5.99. The lowest BCUT2D eigenvalue weighted by Crippen LogP contribution is -2.57. The van der Waals surface area contributed by atoms with Gasteiger partial charge in [0.15, 0.2) is 0 Å². The molecule has 3 amide bonds. The van der Waals surface area contributed by atoms with Crippen LogP contribution in [0.2, 0.25) is 0 Å². The molecular weight excluding hydrogens is 386 g/mol. The molecule has 3 aliphatic rings. The second kappa shape index (κ2) is 8.00. The van der Waals surface area contributed by atoms with Gasteiger partial charge in [0.2, 0.25) is 17.7 Å². The largest absolute Gasteiger partial charge is 0.394 e. The van der Waals surface area contributed by atoms with Gasteiger partial charge in [-0.2, -0.15) is 0 Å². The van der Waals surface area contributed by atoms with E-state index in [-0.39, 0.29) is 30.4 Å². The molecule has 3 aliphatic heterocycles. The molecule has 2 bridgehead atoms. The van der Waals surface area contributed by atoms with E-state index in [9.17, 15) is 19.5 Å². The number of aliphatic hydroxyl groups is 1. The smallest absolute Gasteiger partial charge is 0.246 e. The highest BCUT2D eigenvalue weighted by Gasteiger charge is 2.74. The van der Waals surface area contributed by atoms with E-state index in [4.69, 9.17) is 4.74 Å². The number of hydrogen-bond donors (Lipinski definition) is 3. The van der Waals surface area contributed by atoms with E-state index < -0.39 is 29.5 Å². The summed E-state index contributed by atoms with van der Waals surface area (Å²) in [7, 11) is 1.55. The quantitative estimate of drug-likeness (QED) is 0.589. The van der Waals surface area contributed by atoms with E-state index in [1.54, 1.807) is 7.05 Å². The number of aliphatic hydroxyl groups excluding tert-OH is 1. The fourth-order valence-electron chi connectivity index (χ4n) is 5.55. The van der Waals surface area contributed by atoms with Crippen molar-refractivity contribution in [3.05, 3.63) is 35.9 Å². The third-order valence-corrected chi connectivity index (χ3v) is 6.92. The lowest BCUT2D eigenvalue weighted by atomic mass is 9.70. The lowest BCUT2D eigenvalue weighted by molar-refractivity contribution is -0.145. The van der Waals surface area contributed by atoms with Crippen LogP contribution in [-0.4, -0.2) is 65.2 Å². The maximum atomic E-state index is 13.5. The standard InChI is InChI=1S/C22H29N3O5/c1-3-14(12-26)25-18(20(28)24-11-13-7-5-4-6-8-13)22-10-9-15(30-22)16(19(27)23-2)17(22)21(25)29/h4-8,14-18,26H,3,9-12H2,1-2H3,(H,23,27)(H,24,28)/t14-,15+,16-,17-,18?,22?/m0/s1. The molecule has 6 atom stereocenters. The summed E-state index contributed by atoms with van der Waals surface area (Å²) in [4.78, 5) is 41.0. The zero-order chi connectivity index (χ0) is 21.5. The van der Waals surface area contributed by atoms with Crippen LogP contribution in [0.15, 0.2) is 30.3 Å². The molecule has 3 heterocycles. The minimum absolute atomic E-state index is 0.234. The molecule has 3 N–H and O–H groups in total. The summed E-state index contributed by atoms with van der Waals surface area (Å²) in [5.74, 6) is -2.13.